The quantitative estimate of drug-likeness (QED) is 0.0207. The number of carbonyl (C=O) groups excluding carboxylic acids is 10. The second kappa shape index (κ2) is 35.1. The maximum absolute atomic E-state index is 14.7. The molecule has 0 aromatic heterocycles. The zero-order chi connectivity index (χ0) is 59.3. The fourth-order valence-corrected chi connectivity index (χ4v) is 9.09. The predicted octanol–water partition coefficient (Wildman–Crippen LogP) is -1.76. The van der Waals surface area contributed by atoms with Gasteiger partial charge in [0, 0.05) is 32.9 Å². The van der Waals surface area contributed by atoms with Crippen LogP contribution in [0.3, 0.4) is 0 Å². The van der Waals surface area contributed by atoms with Crippen molar-refractivity contribution in [2.24, 2.45) is 39.6 Å². The van der Waals surface area contributed by atoms with Crippen LogP contribution in [0, 0.1) is 5.92 Å². The highest BCUT2D eigenvalue weighted by Crippen LogP contribution is 2.19. The molecule has 80 heavy (non-hydrogen) atoms. The molecule has 0 saturated carbocycles. The van der Waals surface area contributed by atoms with E-state index in [1.54, 1.807) is 60.7 Å². The molecule has 9 atom stereocenters. The fraction of sp³-hybridized carbons (Fsp3) is 0.582. The molecule has 1 aliphatic heterocycles. The molecule has 442 valence electrons. The number of benzene rings is 2. The van der Waals surface area contributed by atoms with Crippen LogP contribution in [-0.4, -0.2) is 150 Å². The number of guanidine groups is 1. The molecule has 3 rings (SSSR count). The van der Waals surface area contributed by atoms with E-state index in [9.17, 15) is 47.9 Å². The van der Waals surface area contributed by atoms with Crippen LogP contribution in [0.15, 0.2) is 65.7 Å². The third-order valence-electron chi connectivity index (χ3n) is 13.3. The Kier molecular flexibility index (Phi) is 29.2. The lowest BCUT2D eigenvalue weighted by Crippen LogP contribution is -2.60. The first-order valence-corrected chi connectivity index (χ1v) is 27.6. The molecule has 25 heteroatoms. The van der Waals surface area contributed by atoms with Crippen LogP contribution in [0.25, 0.3) is 0 Å². The number of nitrogens with two attached hydrogens (primary N) is 5. The van der Waals surface area contributed by atoms with Gasteiger partial charge >= 0.3 is 0 Å². The molecule has 18 N–H and O–H groups in total. The largest absolute Gasteiger partial charge is 0.370 e. The van der Waals surface area contributed by atoms with E-state index in [0.717, 1.165) is 0 Å². The van der Waals surface area contributed by atoms with E-state index in [1.165, 1.54) is 25.7 Å². The van der Waals surface area contributed by atoms with Crippen molar-refractivity contribution in [1.29, 1.82) is 0 Å². The first kappa shape index (κ1) is 66.6. The molecule has 2 aromatic carbocycles. The number of aliphatic imine (C=N–C) groups is 1. The van der Waals surface area contributed by atoms with Crippen LogP contribution in [0.1, 0.15) is 116 Å². The summed E-state index contributed by atoms with van der Waals surface area (Å²) >= 11 is 0. The van der Waals surface area contributed by atoms with Gasteiger partial charge in [0.25, 0.3) is 0 Å². The van der Waals surface area contributed by atoms with Gasteiger partial charge in [-0.25, -0.2) is 0 Å². The number of rotatable bonds is 35. The van der Waals surface area contributed by atoms with Crippen LogP contribution in [0.5, 0.6) is 0 Å². The Morgan fingerprint density at radius 2 is 0.975 bits per heavy atom. The van der Waals surface area contributed by atoms with Crippen molar-refractivity contribution in [3.05, 3.63) is 71.8 Å². The maximum Gasteiger partial charge on any atom is 0.245 e. The standard InChI is InChI=1S/C55H87N15O10/c1-33(2)30-42(50(76)64-39(46(58)72)22-12-14-26-56)67-49(75)41(24-16-28-61-55(59)60)66-51(77)43(31-37-18-8-6-9-19-37)69-52(78)44(32-38-20-10-7-11-21-38)68-48(74)40(23-13-15-27-57)65-47(73)34(3)63-53(79)45-25-17-29-70(45)54(80)35(4)62-36(5)71/h6-11,18-21,33-35,39-45H,12-17,22-32,56-57H2,1-5H3,(H2,58,72)(H,62,71)(H,63,79)(H,64,76)(H,65,73)(H,66,77)(H,67,75)(H,68,74)(H,69,78)(H4,59,60,61)/t34-,35-,39-,40-,41-,42-,43-,44-,45-/m0/s1. The van der Waals surface area contributed by atoms with E-state index in [4.69, 9.17) is 28.7 Å². The summed E-state index contributed by atoms with van der Waals surface area (Å²) in [6.07, 6.45) is 3.34. The minimum atomic E-state index is -1.36. The number of nitrogens with one attached hydrogen (secondary N) is 8. The van der Waals surface area contributed by atoms with Gasteiger partial charge in [0.05, 0.1) is 0 Å². The molecule has 0 bridgehead atoms. The van der Waals surface area contributed by atoms with Gasteiger partial charge in [-0.3, -0.25) is 52.9 Å². The van der Waals surface area contributed by atoms with E-state index >= 15 is 0 Å². The molecule has 25 nitrogen and oxygen atoms in total. The van der Waals surface area contributed by atoms with Crippen molar-refractivity contribution in [3.63, 3.8) is 0 Å². The van der Waals surface area contributed by atoms with E-state index < -0.39 is 113 Å². The first-order chi connectivity index (χ1) is 38.0. The van der Waals surface area contributed by atoms with Gasteiger partial charge in [0.15, 0.2) is 5.96 Å². The van der Waals surface area contributed by atoms with Gasteiger partial charge in [-0.1, -0.05) is 74.5 Å². The number of unbranched alkanes of at least 4 members (excludes halogenated alkanes) is 2. The maximum atomic E-state index is 14.7. The summed E-state index contributed by atoms with van der Waals surface area (Å²) in [5, 5.41) is 21.7. The van der Waals surface area contributed by atoms with Crippen molar-refractivity contribution in [1.82, 2.24) is 47.4 Å². The van der Waals surface area contributed by atoms with E-state index in [2.05, 4.69) is 47.5 Å². The Morgan fingerprint density at radius 3 is 1.45 bits per heavy atom. The third kappa shape index (κ3) is 23.7. The highest BCUT2D eigenvalue weighted by atomic mass is 16.2. The van der Waals surface area contributed by atoms with Crippen molar-refractivity contribution in [2.75, 3.05) is 26.2 Å². The smallest absolute Gasteiger partial charge is 0.245 e. The van der Waals surface area contributed by atoms with E-state index in [0.29, 0.717) is 56.2 Å². The molecule has 1 aliphatic rings. The number of hydrogen-bond donors (Lipinski definition) is 13. The zero-order valence-corrected chi connectivity index (χ0v) is 46.9. The summed E-state index contributed by atoms with van der Waals surface area (Å²) in [5.41, 5.74) is 29.5. The van der Waals surface area contributed by atoms with Gasteiger partial charge in [-0.15, -0.1) is 0 Å². The van der Waals surface area contributed by atoms with Crippen molar-refractivity contribution < 1.29 is 47.9 Å². The van der Waals surface area contributed by atoms with Crippen molar-refractivity contribution >= 4 is 65.0 Å². The Balaban J connectivity index is 1.95. The number of primary amides is 1. The number of likely N-dealkylation sites (tertiary alicyclic amines) is 1. The summed E-state index contributed by atoms with van der Waals surface area (Å²) < 4.78 is 0. The Morgan fingerprint density at radius 1 is 0.537 bits per heavy atom. The molecular weight excluding hydrogens is 1030 g/mol. The van der Waals surface area contributed by atoms with Crippen molar-refractivity contribution in [2.45, 2.75) is 172 Å². The number of nitrogens with zero attached hydrogens (tertiary/aromatic N) is 2. The minimum Gasteiger partial charge on any atom is -0.370 e. The summed E-state index contributed by atoms with van der Waals surface area (Å²) in [7, 11) is 0. The SMILES string of the molecule is CC(=O)N[C@@H](C)C(=O)N1CCC[C@H]1C(=O)N[C@@H](C)C(=O)N[C@@H](CCCCN)C(=O)N[C@@H](Cc1ccccc1)C(=O)N[C@@H](Cc1ccccc1)C(=O)N[C@@H](CCCN=C(N)N)C(=O)N[C@@H](CC(C)C)C(=O)N[C@@H](CCCCN)C(N)=O. The predicted molar refractivity (Wildman–Crippen MR) is 302 cm³/mol. The molecule has 0 aliphatic carbocycles. The van der Waals surface area contributed by atoms with E-state index in [1.807, 2.05) is 13.8 Å². The van der Waals surface area contributed by atoms with Gasteiger partial charge in [-0.2, -0.15) is 0 Å². The number of amides is 10. The van der Waals surface area contributed by atoms with Crippen LogP contribution in [-0.2, 0) is 60.8 Å². The number of carbonyl (C=O) groups is 10. The topological polar surface area (TPSA) is 413 Å². The van der Waals surface area contributed by atoms with Crippen LogP contribution in [0.2, 0.25) is 0 Å². The summed E-state index contributed by atoms with van der Waals surface area (Å²) in [4.78, 5) is 142. The van der Waals surface area contributed by atoms with Crippen LogP contribution < -0.4 is 71.2 Å². The molecule has 0 unspecified atom stereocenters. The third-order valence-corrected chi connectivity index (χ3v) is 13.3. The molecule has 2 aromatic rings. The Labute approximate surface area is 469 Å². The zero-order valence-electron chi connectivity index (χ0n) is 46.9. The van der Waals surface area contributed by atoms with Gasteiger partial charge < -0.3 is 76.1 Å². The van der Waals surface area contributed by atoms with Crippen molar-refractivity contribution in [3.8, 4) is 0 Å². The Hall–Kier alpha value is -7.67. The first-order valence-electron chi connectivity index (χ1n) is 27.6. The molecular formula is C55H87N15O10. The molecule has 1 heterocycles. The summed E-state index contributed by atoms with van der Waals surface area (Å²) in [6, 6.07) is 7.14. The molecule has 1 fully saturated rings. The van der Waals surface area contributed by atoms with Gasteiger partial charge in [0.2, 0.25) is 59.1 Å². The lowest BCUT2D eigenvalue weighted by atomic mass is 10.00. The minimum absolute atomic E-state index is 0.0243. The lowest BCUT2D eigenvalue weighted by molar-refractivity contribution is -0.141. The molecule has 0 spiro atoms. The van der Waals surface area contributed by atoms with Gasteiger partial charge in [-0.05, 0) is 115 Å². The lowest BCUT2D eigenvalue weighted by Gasteiger charge is -2.29. The number of hydrogen-bond acceptors (Lipinski definition) is 13. The highest BCUT2D eigenvalue weighted by molar-refractivity contribution is 5.98. The fourth-order valence-electron chi connectivity index (χ4n) is 9.09. The molecule has 1 saturated heterocycles. The molecule has 10 amide bonds. The average molecular weight is 1120 g/mol. The normalized spacial score (nSPS) is 15.9. The van der Waals surface area contributed by atoms with Crippen LogP contribution in [0.4, 0.5) is 0 Å². The second-order valence-electron chi connectivity index (χ2n) is 20.6. The second-order valence-corrected chi connectivity index (χ2v) is 20.6. The summed E-state index contributed by atoms with van der Waals surface area (Å²) in [6.45, 7) is 8.94. The highest BCUT2D eigenvalue weighted by Gasteiger charge is 2.38. The van der Waals surface area contributed by atoms with E-state index in [-0.39, 0.29) is 76.5 Å². The summed E-state index contributed by atoms with van der Waals surface area (Å²) in [5.74, 6) is -6.96. The monoisotopic (exact) mass is 1120 g/mol. The average Bonchev–Trinajstić information content (AvgIpc) is 3.92. The van der Waals surface area contributed by atoms with Crippen LogP contribution >= 0.6 is 0 Å². The Bertz CT molecular complexity index is 2390. The molecule has 0 radical (unpaired) electrons. The van der Waals surface area contributed by atoms with Gasteiger partial charge in [0.1, 0.15) is 54.4 Å².